The van der Waals surface area contributed by atoms with E-state index in [4.69, 9.17) is 9.84 Å². The number of nitrogens with zero attached hydrogens (tertiary/aromatic N) is 2. The van der Waals surface area contributed by atoms with Crippen LogP contribution in [0.4, 0.5) is 5.00 Å². The molecule has 0 spiro atoms. The summed E-state index contributed by atoms with van der Waals surface area (Å²) in [4.78, 5) is 10.7. The molecule has 0 aliphatic heterocycles. The molecular weight excluding hydrogens is 306 g/mol. The minimum atomic E-state index is -3.99. The number of hydrogen-bond acceptors (Lipinski definition) is 7. The number of rotatable bonds is 5. The van der Waals surface area contributed by atoms with E-state index in [1.807, 2.05) is 0 Å². The van der Waals surface area contributed by atoms with Crippen LogP contribution < -0.4 is 9.46 Å². The molecule has 1 heterocycles. The number of aromatic nitrogens is 2. The molecule has 0 aliphatic carbocycles. The first-order valence-corrected chi connectivity index (χ1v) is 7.41. The van der Waals surface area contributed by atoms with E-state index >= 15 is 0 Å². The molecule has 0 unspecified atom stereocenters. The van der Waals surface area contributed by atoms with Crippen LogP contribution >= 0.6 is 11.5 Å². The van der Waals surface area contributed by atoms with Gasteiger partial charge >= 0.3 is 5.97 Å². The highest BCUT2D eigenvalue weighted by atomic mass is 32.2. The number of carbonyl (C=O) groups is 1. The Hall–Kier alpha value is -2.20. The molecule has 20 heavy (non-hydrogen) atoms. The minimum Gasteiger partial charge on any atom is -0.495 e. The van der Waals surface area contributed by atoms with Gasteiger partial charge < -0.3 is 9.84 Å². The second kappa shape index (κ2) is 5.43. The van der Waals surface area contributed by atoms with Crippen molar-refractivity contribution in [2.24, 2.45) is 0 Å². The van der Waals surface area contributed by atoms with E-state index in [1.165, 1.54) is 25.4 Å². The number of aromatic carboxylic acids is 1. The maximum absolute atomic E-state index is 12.2. The van der Waals surface area contributed by atoms with Gasteiger partial charge in [0.15, 0.2) is 0 Å². The Labute approximate surface area is 118 Å². The van der Waals surface area contributed by atoms with Crippen molar-refractivity contribution in [1.29, 1.82) is 0 Å². The summed E-state index contributed by atoms with van der Waals surface area (Å²) in [6.07, 6.45) is 1.25. The monoisotopic (exact) mass is 315 g/mol. The molecular formula is C10H9N3O5S2. The number of hydrogen-bond donors (Lipinski definition) is 2. The molecule has 2 rings (SSSR count). The third kappa shape index (κ3) is 2.86. The van der Waals surface area contributed by atoms with Gasteiger partial charge in [0.1, 0.15) is 15.6 Å². The molecule has 0 bridgehead atoms. The highest BCUT2D eigenvalue weighted by Crippen LogP contribution is 2.27. The number of anilines is 1. The molecule has 1 aromatic heterocycles. The molecule has 0 atom stereocenters. The van der Waals surface area contributed by atoms with Crippen LogP contribution in [0.3, 0.4) is 0 Å². The molecule has 1 aromatic carbocycles. The van der Waals surface area contributed by atoms with E-state index in [-0.39, 0.29) is 21.2 Å². The number of sulfonamides is 1. The second-order valence-electron chi connectivity index (χ2n) is 3.56. The van der Waals surface area contributed by atoms with E-state index in [2.05, 4.69) is 14.3 Å². The van der Waals surface area contributed by atoms with E-state index in [0.717, 1.165) is 17.6 Å². The minimum absolute atomic E-state index is 0.0416. The van der Waals surface area contributed by atoms with Crippen LogP contribution in [0, 0.1) is 0 Å². The lowest BCUT2D eigenvalue weighted by Crippen LogP contribution is -2.14. The summed E-state index contributed by atoms with van der Waals surface area (Å²) in [5, 5.41) is 12.6. The van der Waals surface area contributed by atoms with Crippen LogP contribution in [0.2, 0.25) is 0 Å². The topological polar surface area (TPSA) is 118 Å². The molecule has 2 N–H and O–H groups in total. The van der Waals surface area contributed by atoms with Gasteiger partial charge in [0, 0.05) is 11.5 Å². The van der Waals surface area contributed by atoms with Crippen LogP contribution in [-0.4, -0.2) is 36.2 Å². The standard InChI is InChI=1S/C10H9N3O5S2/c1-18-7-3-2-6(10(14)15)4-8(7)20(16,17)12-9-5-11-13-19-9/h2-5,12H,1H3,(H,14,15). The molecule has 106 valence electrons. The van der Waals surface area contributed by atoms with Gasteiger partial charge in [-0.2, -0.15) is 0 Å². The van der Waals surface area contributed by atoms with Gasteiger partial charge in [-0.15, -0.1) is 5.10 Å². The molecule has 0 saturated heterocycles. The molecule has 2 aromatic rings. The molecule has 8 nitrogen and oxygen atoms in total. The van der Waals surface area contributed by atoms with Gasteiger partial charge in [-0.25, -0.2) is 13.2 Å². The number of benzene rings is 1. The first-order valence-electron chi connectivity index (χ1n) is 5.15. The van der Waals surface area contributed by atoms with E-state index in [1.54, 1.807) is 0 Å². The third-order valence-corrected chi connectivity index (χ3v) is 4.39. The highest BCUT2D eigenvalue weighted by Gasteiger charge is 2.22. The summed E-state index contributed by atoms with van der Waals surface area (Å²) in [7, 11) is -2.70. The molecule has 0 saturated carbocycles. The summed E-state index contributed by atoms with van der Waals surface area (Å²) < 4.78 is 35.2. The van der Waals surface area contributed by atoms with Crippen molar-refractivity contribution in [3.63, 3.8) is 0 Å². The van der Waals surface area contributed by atoms with Crippen LogP contribution in [-0.2, 0) is 10.0 Å². The van der Waals surface area contributed by atoms with Crippen molar-refractivity contribution in [1.82, 2.24) is 9.59 Å². The average Bonchev–Trinajstić information content (AvgIpc) is 2.90. The smallest absolute Gasteiger partial charge is 0.335 e. The molecule has 0 radical (unpaired) electrons. The lowest BCUT2D eigenvalue weighted by Gasteiger charge is -2.10. The largest absolute Gasteiger partial charge is 0.495 e. The zero-order chi connectivity index (χ0) is 14.8. The van der Waals surface area contributed by atoms with Crippen molar-refractivity contribution in [2.75, 3.05) is 11.8 Å². The summed E-state index contributed by atoms with van der Waals surface area (Å²) in [6.45, 7) is 0. The SMILES string of the molecule is COc1ccc(C(=O)O)cc1S(=O)(=O)Nc1cnns1. The first kappa shape index (κ1) is 14.2. The van der Waals surface area contributed by atoms with Gasteiger partial charge in [-0.05, 0) is 18.2 Å². The van der Waals surface area contributed by atoms with Crippen molar-refractivity contribution in [3.05, 3.63) is 30.0 Å². The van der Waals surface area contributed by atoms with E-state index < -0.39 is 16.0 Å². The Kier molecular flexibility index (Phi) is 3.86. The molecule has 0 amide bonds. The molecule has 0 aliphatic rings. The van der Waals surface area contributed by atoms with E-state index in [0.29, 0.717) is 0 Å². The number of ether oxygens (including phenoxy) is 1. The Morgan fingerprint density at radius 3 is 2.75 bits per heavy atom. The maximum atomic E-state index is 12.2. The lowest BCUT2D eigenvalue weighted by atomic mass is 10.2. The fraction of sp³-hybridized carbons (Fsp3) is 0.100. The second-order valence-corrected chi connectivity index (χ2v) is 5.99. The Balaban J connectivity index is 2.48. The summed E-state index contributed by atoms with van der Waals surface area (Å²) >= 11 is 0.860. The first-order chi connectivity index (χ1) is 9.44. The fourth-order valence-corrected chi connectivity index (χ4v) is 3.30. The predicted molar refractivity (Wildman–Crippen MR) is 70.7 cm³/mol. The normalized spacial score (nSPS) is 11.1. The Bertz CT molecular complexity index is 727. The number of carboxylic acid groups (broad SMARTS) is 1. The number of methoxy groups -OCH3 is 1. The highest BCUT2D eigenvalue weighted by molar-refractivity contribution is 7.93. The van der Waals surface area contributed by atoms with Crippen molar-refractivity contribution >= 4 is 32.5 Å². The van der Waals surface area contributed by atoms with Crippen molar-refractivity contribution in [3.8, 4) is 5.75 Å². The van der Waals surface area contributed by atoms with Gasteiger partial charge in [0.05, 0.1) is 18.9 Å². The van der Waals surface area contributed by atoms with Crippen molar-refractivity contribution in [2.45, 2.75) is 4.90 Å². The average molecular weight is 315 g/mol. The Morgan fingerprint density at radius 1 is 1.45 bits per heavy atom. The Morgan fingerprint density at radius 2 is 2.20 bits per heavy atom. The number of nitrogens with one attached hydrogen (secondary N) is 1. The zero-order valence-corrected chi connectivity index (χ0v) is 11.7. The zero-order valence-electron chi connectivity index (χ0n) is 10.1. The van der Waals surface area contributed by atoms with E-state index in [9.17, 15) is 13.2 Å². The van der Waals surface area contributed by atoms with Crippen molar-refractivity contribution < 1.29 is 23.1 Å². The summed E-state index contributed by atoms with van der Waals surface area (Å²) in [5.41, 5.74) is -0.159. The van der Waals surface area contributed by atoms with Crippen LogP contribution in [0.15, 0.2) is 29.3 Å². The third-order valence-electron chi connectivity index (χ3n) is 2.30. The van der Waals surface area contributed by atoms with Crippen LogP contribution in [0.25, 0.3) is 0 Å². The predicted octanol–water partition coefficient (Wildman–Crippen LogP) is 1.05. The summed E-state index contributed by atoms with van der Waals surface area (Å²) in [5.74, 6) is -1.19. The summed E-state index contributed by atoms with van der Waals surface area (Å²) in [6, 6.07) is 3.56. The quantitative estimate of drug-likeness (QED) is 0.846. The number of carboxylic acids is 1. The fourth-order valence-electron chi connectivity index (χ4n) is 1.42. The van der Waals surface area contributed by atoms with Crippen LogP contribution in [0.1, 0.15) is 10.4 Å². The van der Waals surface area contributed by atoms with Gasteiger partial charge in [-0.1, -0.05) is 4.49 Å². The molecule has 10 heteroatoms. The maximum Gasteiger partial charge on any atom is 0.335 e. The van der Waals surface area contributed by atoms with Gasteiger partial charge in [-0.3, -0.25) is 4.72 Å². The van der Waals surface area contributed by atoms with Gasteiger partial charge in [0.2, 0.25) is 0 Å². The van der Waals surface area contributed by atoms with Crippen LogP contribution in [0.5, 0.6) is 5.75 Å². The van der Waals surface area contributed by atoms with Gasteiger partial charge in [0.25, 0.3) is 10.0 Å². The molecule has 0 fully saturated rings. The lowest BCUT2D eigenvalue weighted by molar-refractivity contribution is 0.0696.